The van der Waals surface area contributed by atoms with E-state index < -0.39 is 11.2 Å². The van der Waals surface area contributed by atoms with Gasteiger partial charge in [0, 0.05) is 5.41 Å². The van der Waals surface area contributed by atoms with Crippen LogP contribution in [0.5, 0.6) is 0 Å². The minimum atomic E-state index is -1.24. The average molecular weight is 294 g/mol. The van der Waals surface area contributed by atoms with Crippen LogP contribution in [0.4, 0.5) is 0 Å². The SMILES string of the molecule is C[C@@]12CC[C@@H](C1)[C@](O)(c1ccccc1)[C@]2(O)c1ccccc1. The van der Waals surface area contributed by atoms with Gasteiger partial charge in [0.2, 0.25) is 0 Å². The van der Waals surface area contributed by atoms with Crippen molar-refractivity contribution in [2.45, 2.75) is 37.4 Å². The highest BCUT2D eigenvalue weighted by Gasteiger charge is 2.73. The maximum absolute atomic E-state index is 11.8. The van der Waals surface area contributed by atoms with Gasteiger partial charge in [0.1, 0.15) is 11.2 Å². The highest BCUT2D eigenvalue weighted by molar-refractivity contribution is 5.41. The van der Waals surface area contributed by atoms with Crippen molar-refractivity contribution in [2.75, 3.05) is 0 Å². The summed E-state index contributed by atoms with van der Waals surface area (Å²) in [6.45, 7) is 2.13. The molecule has 2 bridgehead atoms. The van der Waals surface area contributed by atoms with E-state index in [1.807, 2.05) is 60.7 Å². The van der Waals surface area contributed by atoms with E-state index in [-0.39, 0.29) is 11.3 Å². The van der Waals surface area contributed by atoms with E-state index in [0.29, 0.717) is 0 Å². The Bertz CT molecular complexity index is 683. The molecule has 22 heavy (non-hydrogen) atoms. The second kappa shape index (κ2) is 4.43. The molecule has 0 heterocycles. The molecule has 0 aliphatic heterocycles. The summed E-state index contributed by atoms with van der Waals surface area (Å²) in [5.41, 5.74) is -1.10. The fourth-order valence-corrected chi connectivity index (χ4v) is 5.07. The second-order valence-electron chi connectivity index (χ2n) is 7.21. The van der Waals surface area contributed by atoms with Crippen molar-refractivity contribution in [1.82, 2.24) is 0 Å². The van der Waals surface area contributed by atoms with E-state index >= 15 is 0 Å². The zero-order valence-electron chi connectivity index (χ0n) is 12.9. The molecule has 0 radical (unpaired) electrons. The van der Waals surface area contributed by atoms with Gasteiger partial charge in [-0.3, -0.25) is 0 Å². The summed E-state index contributed by atoms with van der Waals surface area (Å²) in [6.07, 6.45) is 2.79. The summed E-state index contributed by atoms with van der Waals surface area (Å²) in [5.74, 6) is 0.102. The van der Waals surface area contributed by atoms with Crippen LogP contribution in [0.3, 0.4) is 0 Å². The third kappa shape index (κ3) is 1.47. The number of fused-ring (bicyclic) bond motifs is 2. The number of aliphatic hydroxyl groups is 2. The van der Waals surface area contributed by atoms with Crippen LogP contribution in [0.1, 0.15) is 37.3 Å². The first-order valence-corrected chi connectivity index (χ1v) is 8.08. The van der Waals surface area contributed by atoms with Crippen LogP contribution in [-0.4, -0.2) is 10.2 Å². The molecule has 0 aromatic heterocycles. The van der Waals surface area contributed by atoms with Gasteiger partial charge < -0.3 is 10.2 Å². The van der Waals surface area contributed by atoms with E-state index in [4.69, 9.17) is 0 Å². The summed E-state index contributed by atoms with van der Waals surface area (Å²) >= 11 is 0. The van der Waals surface area contributed by atoms with E-state index in [1.54, 1.807) is 0 Å². The van der Waals surface area contributed by atoms with E-state index in [1.165, 1.54) is 0 Å². The van der Waals surface area contributed by atoms with Crippen molar-refractivity contribution < 1.29 is 10.2 Å². The molecule has 0 saturated heterocycles. The molecular weight excluding hydrogens is 272 g/mol. The van der Waals surface area contributed by atoms with Crippen LogP contribution in [-0.2, 0) is 11.2 Å². The summed E-state index contributed by atoms with van der Waals surface area (Å²) in [7, 11) is 0. The predicted octanol–water partition coefficient (Wildman–Crippen LogP) is 3.58. The van der Waals surface area contributed by atoms with Gasteiger partial charge in [-0.05, 0) is 36.3 Å². The summed E-state index contributed by atoms with van der Waals surface area (Å²) in [4.78, 5) is 0. The Balaban J connectivity index is 1.97. The third-order valence-corrected chi connectivity index (χ3v) is 6.16. The molecule has 2 saturated carbocycles. The third-order valence-electron chi connectivity index (χ3n) is 6.16. The Morgan fingerprint density at radius 2 is 1.41 bits per heavy atom. The number of benzene rings is 2. The van der Waals surface area contributed by atoms with Gasteiger partial charge in [-0.25, -0.2) is 0 Å². The van der Waals surface area contributed by atoms with Crippen LogP contribution in [0.15, 0.2) is 60.7 Å². The molecule has 2 fully saturated rings. The Morgan fingerprint density at radius 3 is 2.00 bits per heavy atom. The number of hydrogen-bond donors (Lipinski definition) is 2. The summed E-state index contributed by atoms with van der Waals surface area (Å²) < 4.78 is 0. The van der Waals surface area contributed by atoms with Gasteiger partial charge in [-0.1, -0.05) is 67.6 Å². The van der Waals surface area contributed by atoms with Crippen LogP contribution in [0, 0.1) is 11.3 Å². The summed E-state index contributed by atoms with van der Waals surface area (Å²) in [5, 5.41) is 23.6. The highest BCUT2D eigenvalue weighted by Crippen LogP contribution is 2.71. The lowest BCUT2D eigenvalue weighted by Crippen LogP contribution is -2.57. The minimum absolute atomic E-state index is 0.102. The molecule has 2 aromatic rings. The monoisotopic (exact) mass is 294 g/mol. The summed E-state index contributed by atoms with van der Waals surface area (Å²) in [6, 6.07) is 19.4. The molecule has 2 aromatic carbocycles. The maximum atomic E-state index is 11.8. The fourth-order valence-electron chi connectivity index (χ4n) is 5.07. The molecule has 2 heteroatoms. The average Bonchev–Trinajstić information content (AvgIpc) is 3.05. The zero-order valence-corrected chi connectivity index (χ0v) is 12.9. The van der Waals surface area contributed by atoms with Crippen molar-refractivity contribution in [3.63, 3.8) is 0 Å². The normalized spacial score (nSPS) is 40.0. The molecule has 2 aliphatic carbocycles. The lowest BCUT2D eigenvalue weighted by molar-refractivity contribution is -0.219. The topological polar surface area (TPSA) is 40.5 Å². The predicted molar refractivity (Wildman–Crippen MR) is 86.1 cm³/mol. The Labute approximate surface area is 131 Å². The largest absolute Gasteiger partial charge is 0.381 e. The first-order chi connectivity index (χ1) is 10.5. The lowest BCUT2D eigenvalue weighted by atomic mass is 9.60. The van der Waals surface area contributed by atoms with Crippen molar-refractivity contribution in [2.24, 2.45) is 11.3 Å². The Hall–Kier alpha value is -1.64. The molecule has 4 rings (SSSR count). The molecule has 0 spiro atoms. The Morgan fingerprint density at radius 1 is 0.864 bits per heavy atom. The van der Waals surface area contributed by atoms with E-state index in [2.05, 4.69) is 6.92 Å². The first-order valence-electron chi connectivity index (χ1n) is 8.08. The number of hydrogen-bond acceptors (Lipinski definition) is 2. The minimum Gasteiger partial charge on any atom is -0.381 e. The fraction of sp³-hybridized carbons (Fsp3) is 0.400. The maximum Gasteiger partial charge on any atom is 0.128 e. The molecule has 0 amide bonds. The molecular formula is C20H22O2. The molecule has 0 unspecified atom stereocenters. The van der Waals surface area contributed by atoms with Crippen LogP contribution < -0.4 is 0 Å². The van der Waals surface area contributed by atoms with Crippen molar-refractivity contribution in [1.29, 1.82) is 0 Å². The van der Waals surface area contributed by atoms with Gasteiger partial charge >= 0.3 is 0 Å². The van der Waals surface area contributed by atoms with Crippen molar-refractivity contribution in [3.05, 3.63) is 71.8 Å². The van der Waals surface area contributed by atoms with Gasteiger partial charge in [0.15, 0.2) is 0 Å². The van der Waals surface area contributed by atoms with Gasteiger partial charge in [-0.2, -0.15) is 0 Å². The number of rotatable bonds is 2. The van der Waals surface area contributed by atoms with Crippen molar-refractivity contribution >= 4 is 0 Å². The zero-order chi connectivity index (χ0) is 15.4. The van der Waals surface area contributed by atoms with Gasteiger partial charge in [-0.15, -0.1) is 0 Å². The standard InChI is InChI=1S/C20H22O2/c1-18-13-12-17(14-18)19(21,15-8-4-2-5-9-15)20(18,22)16-10-6-3-7-11-16/h2-11,17,21-22H,12-14H2,1H3/t17-,18+,19+,20-/m0/s1. The van der Waals surface area contributed by atoms with Crippen LogP contribution in [0.25, 0.3) is 0 Å². The molecule has 114 valence electrons. The smallest absolute Gasteiger partial charge is 0.128 e. The highest BCUT2D eigenvalue weighted by atomic mass is 16.4. The van der Waals surface area contributed by atoms with E-state index in [9.17, 15) is 10.2 Å². The molecule has 2 aliphatic rings. The van der Waals surface area contributed by atoms with E-state index in [0.717, 1.165) is 30.4 Å². The molecule has 2 nitrogen and oxygen atoms in total. The van der Waals surface area contributed by atoms with Crippen molar-refractivity contribution in [3.8, 4) is 0 Å². The molecule has 2 N–H and O–H groups in total. The second-order valence-corrected chi connectivity index (χ2v) is 7.21. The van der Waals surface area contributed by atoms with Crippen LogP contribution in [0.2, 0.25) is 0 Å². The Kier molecular flexibility index (Phi) is 2.82. The van der Waals surface area contributed by atoms with Gasteiger partial charge in [0.25, 0.3) is 0 Å². The molecule has 4 atom stereocenters. The first kappa shape index (κ1) is 14.0. The van der Waals surface area contributed by atoms with Crippen LogP contribution >= 0.6 is 0 Å². The quantitative estimate of drug-likeness (QED) is 0.888. The lowest BCUT2D eigenvalue weighted by Gasteiger charge is -2.51. The van der Waals surface area contributed by atoms with Gasteiger partial charge in [0.05, 0.1) is 0 Å².